The molecule has 0 bridgehead atoms. The summed E-state index contributed by atoms with van der Waals surface area (Å²) in [5.41, 5.74) is -0.997. The Balaban J connectivity index is 2.01. The van der Waals surface area contributed by atoms with E-state index < -0.39 is 11.4 Å². The minimum Gasteiger partial charge on any atom is -0.480 e. The van der Waals surface area contributed by atoms with Crippen molar-refractivity contribution in [3.63, 3.8) is 0 Å². The van der Waals surface area contributed by atoms with Gasteiger partial charge >= 0.3 is 5.97 Å². The molecule has 2 aliphatic rings. The molecule has 1 amide bonds. The maximum atomic E-state index is 11.9. The molecule has 2 N–H and O–H groups in total. The summed E-state index contributed by atoms with van der Waals surface area (Å²) in [6, 6.07) is 0.136. The van der Waals surface area contributed by atoms with Crippen LogP contribution in [0.5, 0.6) is 0 Å². The predicted molar refractivity (Wildman–Crippen MR) is 58.9 cm³/mol. The van der Waals surface area contributed by atoms with Gasteiger partial charge in [-0.3, -0.25) is 9.59 Å². The molecule has 4 nitrogen and oxygen atoms in total. The highest BCUT2D eigenvalue weighted by Gasteiger charge is 2.57. The van der Waals surface area contributed by atoms with Crippen LogP contribution in [0.4, 0.5) is 0 Å². The smallest absolute Gasteiger partial charge is 0.319 e. The van der Waals surface area contributed by atoms with Gasteiger partial charge in [-0.15, -0.1) is 0 Å². The third-order valence-corrected chi connectivity index (χ3v) is 4.16. The van der Waals surface area contributed by atoms with Crippen molar-refractivity contribution in [1.82, 2.24) is 5.32 Å². The van der Waals surface area contributed by atoms with E-state index in [2.05, 4.69) is 19.2 Å². The molecular formula is C12H19NO3. The first-order valence-corrected chi connectivity index (χ1v) is 5.93. The highest BCUT2D eigenvalue weighted by molar-refractivity contribution is 6.04. The van der Waals surface area contributed by atoms with Gasteiger partial charge in [-0.25, -0.2) is 0 Å². The van der Waals surface area contributed by atoms with Crippen LogP contribution in [0.3, 0.4) is 0 Å². The van der Waals surface area contributed by atoms with E-state index in [1.807, 2.05) is 0 Å². The lowest BCUT2D eigenvalue weighted by Crippen LogP contribution is -2.46. The second-order valence-electron chi connectivity index (χ2n) is 5.79. The van der Waals surface area contributed by atoms with E-state index in [0.717, 1.165) is 19.3 Å². The Bertz CT molecular complexity index is 331. The van der Waals surface area contributed by atoms with Crippen LogP contribution in [0.25, 0.3) is 0 Å². The fourth-order valence-corrected chi connectivity index (χ4v) is 2.55. The maximum absolute atomic E-state index is 11.9. The molecule has 16 heavy (non-hydrogen) atoms. The highest BCUT2D eigenvalue weighted by Crippen LogP contribution is 2.47. The summed E-state index contributed by atoms with van der Waals surface area (Å²) < 4.78 is 0. The van der Waals surface area contributed by atoms with Crippen LogP contribution in [-0.4, -0.2) is 23.0 Å². The van der Waals surface area contributed by atoms with Gasteiger partial charge in [0.2, 0.25) is 5.91 Å². The molecule has 2 rings (SSSR count). The highest BCUT2D eigenvalue weighted by atomic mass is 16.4. The minimum absolute atomic E-state index is 0.101. The van der Waals surface area contributed by atoms with Crippen LogP contribution >= 0.6 is 0 Å². The summed E-state index contributed by atoms with van der Waals surface area (Å²) in [6.07, 6.45) is 4.15. The molecule has 2 saturated carbocycles. The summed E-state index contributed by atoms with van der Waals surface area (Å²) in [7, 11) is 0. The number of rotatable bonds is 3. The van der Waals surface area contributed by atoms with Gasteiger partial charge in [0, 0.05) is 6.04 Å². The number of aliphatic carboxylic acids is 1. The average molecular weight is 225 g/mol. The molecule has 0 aromatic rings. The van der Waals surface area contributed by atoms with E-state index in [0.29, 0.717) is 12.8 Å². The Morgan fingerprint density at radius 3 is 2.25 bits per heavy atom. The topological polar surface area (TPSA) is 66.4 Å². The number of nitrogens with one attached hydrogen (secondary N) is 1. The monoisotopic (exact) mass is 225 g/mol. The van der Waals surface area contributed by atoms with Crippen molar-refractivity contribution in [3.05, 3.63) is 0 Å². The lowest BCUT2D eigenvalue weighted by atomic mass is 9.87. The van der Waals surface area contributed by atoms with Crippen molar-refractivity contribution in [2.24, 2.45) is 10.8 Å². The molecule has 0 saturated heterocycles. The van der Waals surface area contributed by atoms with Crippen molar-refractivity contribution in [2.75, 3.05) is 0 Å². The Labute approximate surface area is 95.4 Å². The Morgan fingerprint density at radius 1 is 1.25 bits per heavy atom. The van der Waals surface area contributed by atoms with Crippen LogP contribution in [0.15, 0.2) is 0 Å². The standard InChI is InChI=1S/C12H19NO3/c1-11(2)5-3-4-8(11)13-9(14)12(6-7-12)10(15)16/h8H,3-7H2,1-2H3,(H,13,14)(H,15,16). The fourth-order valence-electron chi connectivity index (χ4n) is 2.55. The van der Waals surface area contributed by atoms with E-state index in [4.69, 9.17) is 5.11 Å². The largest absolute Gasteiger partial charge is 0.480 e. The van der Waals surface area contributed by atoms with Gasteiger partial charge in [-0.2, -0.15) is 0 Å². The molecule has 2 aliphatic carbocycles. The Morgan fingerprint density at radius 2 is 1.88 bits per heavy atom. The first kappa shape index (κ1) is 11.4. The maximum Gasteiger partial charge on any atom is 0.319 e. The van der Waals surface area contributed by atoms with Gasteiger partial charge in [0.25, 0.3) is 0 Å². The van der Waals surface area contributed by atoms with Crippen LogP contribution in [-0.2, 0) is 9.59 Å². The number of carboxylic acids is 1. The van der Waals surface area contributed by atoms with Gasteiger partial charge < -0.3 is 10.4 Å². The minimum atomic E-state index is -1.10. The summed E-state index contributed by atoms with van der Waals surface area (Å²) in [5.74, 6) is -1.25. The Hall–Kier alpha value is -1.06. The predicted octanol–water partition coefficient (Wildman–Crippen LogP) is 1.55. The second kappa shape index (κ2) is 3.47. The molecule has 0 aliphatic heterocycles. The molecule has 0 spiro atoms. The number of hydrogen-bond donors (Lipinski definition) is 2. The third kappa shape index (κ3) is 1.70. The van der Waals surface area contributed by atoms with Gasteiger partial charge in [0.05, 0.1) is 0 Å². The zero-order valence-electron chi connectivity index (χ0n) is 9.88. The van der Waals surface area contributed by atoms with Crippen molar-refractivity contribution in [2.45, 2.75) is 52.0 Å². The number of amides is 1. The molecule has 0 aromatic heterocycles. The van der Waals surface area contributed by atoms with Crippen molar-refractivity contribution < 1.29 is 14.7 Å². The molecule has 90 valence electrons. The van der Waals surface area contributed by atoms with E-state index in [1.54, 1.807) is 0 Å². The number of carbonyl (C=O) groups is 2. The van der Waals surface area contributed by atoms with E-state index >= 15 is 0 Å². The van der Waals surface area contributed by atoms with Gasteiger partial charge in [0.15, 0.2) is 0 Å². The lowest BCUT2D eigenvalue weighted by molar-refractivity contribution is -0.149. The van der Waals surface area contributed by atoms with E-state index in [-0.39, 0.29) is 17.4 Å². The normalized spacial score (nSPS) is 29.8. The zero-order valence-corrected chi connectivity index (χ0v) is 9.88. The van der Waals surface area contributed by atoms with Crippen molar-refractivity contribution in [1.29, 1.82) is 0 Å². The molecule has 0 aromatic carbocycles. The number of carbonyl (C=O) groups excluding carboxylic acids is 1. The number of hydrogen-bond acceptors (Lipinski definition) is 2. The lowest BCUT2D eigenvalue weighted by Gasteiger charge is -2.28. The first-order valence-electron chi connectivity index (χ1n) is 5.93. The quantitative estimate of drug-likeness (QED) is 0.716. The third-order valence-electron chi connectivity index (χ3n) is 4.16. The first-order chi connectivity index (χ1) is 7.38. The molecule has 1 atom stereocenters. The Kier molecular flexibility index (Phi) is 2.48. The van der Waals surface area contributed by atoms with E-state index in [9.17, 15) is 9.59 Å². The summed E-state index contributed by atoms with van der Waals surface area (Å²) in [4.78, 5) is 22.9. The molecule has 0 radical (unpaired) electrons. The molecule has 4 heteroatoms. The molecular weight excluding hydrogens is 206 g/mol. The molecule has 1 unspecified atom stereocenters. The van der Waals surface area contributed by atoms with Crippen molar-refractivity contribution in [3.8, 4) is 0 Å². The van der Waals surface area contributed by atoms with Crippen LogP contribution < -0.4 is 5.32 Å². The zero-order chi connectivity index (χ0) is 12.0. The average Bonchev–Trinajstić information content (AvgIpc) is 2.91. The summed E-state index contributed by atoms with van der Waals surface area (Å²) >= 11 is 0. The fraction of sp³-hybridized carbons (Fsp3) is 0.833. The molecule has 0 heterocycles. The van der Waals surface area contributed by atoms with Gasteiger partial charge in [-0.05, 0) is 31.1 Å². The van der Waals surface area contributed by atoms with Crippen molar-refractivity contribution >= 4 is 11.9 Å². The SMILES string of the molecule is CC1(C)CCCC1NC(=O)C1(C(=O)O)CC1. The van der Waals surface area contributed by atoms with Crippen LogP contribution in [0, 0.1) is 10.8 Å². The number of carboxylic acid groups (broad SMARTS) is 1. The second-order valence-corrected chi connectivity index (χ2v) is 5.79. The van der Waals surface area contributed by atoms with Crippen LogP contribution in [0.1, 0.15) is 46.0 Å². The van der Waals surface area contributed by atoms with Gasteiger partial charge in [0.1, 0.15) is 5.41 Å². The van der Waals surface area contributed by atoms with E-state index in [1.165, 1.54) is 0 Å². The summed E-state index contributed by atoms with van der Waals surface area (Å²) in [6.45, 7) is 4.26. The van der Waals surface area contributed by atoms with Gasteiger partial charge in [-0.1, -0.05) is 20.3 Å². The van der Waals surface area contributed by atoms with Crippen LogP contribution in [0.2, 0.25) is 0 Å². The summed E-state index contributed by atoms with van der Waals surface area (Å²) in [5, 5.41) is 12.0. The molecule has 2 fully saturated rings.